The predicted molar refractivity (Wildman–Crippen MR) is 117 cm³/mol. The van der Waals surface area contributed by atoms with E-state index in [9.17, 15) is 4.79 Å². The summed E-state index contributed by atoms with van der Waals surface area (Å²) in [5.41, 5.74) is 0.617. The fourth-order valence-corrected chi connectivity index (χ4v) is 4.16. The minimum Gasteiger partial charge on any atom is -0.490 e. The molecule has 0 aromatic heterocycles. The smallest absolute Gasteiger partial charge is 0.407 e. The predicted octanol–water partition coefficient (Wildman–Crippen LogP) is 5.31. The molecule has 1 N–H and O–H groups in total. The lowest BCUT2D eigenvalue weighted by Gasteiger charge is -2.33. The Morgan fingerprint density at radius 3 is 2.52 bits per heavy atom. The number of halogens is 2. The molecule has 1 atom stereocenters. The molecular formula is C22H32Cl2N2O3. The zero-order chi connectivity index (χ0) is 21.0. The van der Waals surface area contributed by atoms with Gasteiger partial charge in [-0.3, -0.25) is 0 Å². The Kier molecular flexibility index (Phi) is 7.58. The normalized spacial score (nSPS) is 20.4. The van der Waals surface area contributed by atoms with Gasteiger partial charge in [0.05, 0.1) is 16.7 Å². The molecule has 0 unspecified atom stereocenters. The second kappa shape index (κ2) is 9.76. The fraction of sp³-hybridized carbons (Fsp3) is 0.682. The largest absolute Gasteiger partial charge is 0.490 e. The van der Waals surface area contributed by atoms with E-state index in [1.54, 1.807) is 0 Å². The number of hydrogen-bond donors (Lipinski definition) is 1. The summed E-state index contributed by atoms with van der Waals surface area (Å²) >= 11 is 12.8. The van der Waals surface area contributed by atoms with Crippen molar-refractivity contribution in [2.24, 2.45) is 5.92 Å². The summed E-state index contributed by atoms with van der Waals surface area (Å²) in [6.07, 6.45) is 4.99. The number of nitrogens with one attached hydrogen (secondary N) is 1. The van der Waals surface area contributed by atoms with Crippen molar-refractivity contribution in [1.82, 2.24) is 10.2 Å². The molecule has 3 rings (SSSR count). The number of hydrogen-bond acceptors (Lipinski definition) is 4. The molecule has 29 heavy (non-hydrogen) atoms. The highest BCUT2D eigenvalue weighted by Gasteiger charge is 2.25. The van der Waals surface area contributed by atoms with Gasteiger partial charge in [-0.05, 0) is 83.0 Å². The van der Waals surface area contributed by atoms with Crippen molar-refractivity contribution in [3.05, 3.63) is 27.7 Å². The lowest BCUT2D eigenvalue weighted by Crippen LogP contribution is -2.49. The van der Waals surface area contributed by atoms with Gasteiger partial charge in [0.2, 0.25) is 0 Å². The van der Waals surface area contributed by atoms with Crippen molar-refractivity contribution in [2.45, 2.75) is 64.5 Å². The molecule has 1 aliphatic heterocycles. The highest BCUT2D eigenvalue weighted by atomic mass is 35.5. The standard InChI is InChI=1S/C22H32Cl2N2O3/c1-22(2,3)29-21(27)25-17-5-4-9-26(13-17)10-8-16-11-18(23)20(19(24)12-16)28-14-15-6-7-15/h11-12,15,17H,4-10,13-14H2,1-3H3,(H,25,27)/t17-/m0/s1. The molecule has 5 nitrogen and oxygen atoms in total. The zero-order valence-corrected chi connectivity index (χ0v) is 19.1. The molecule has 1 heterocycles. The van der Waals surface area contributed by atoms with Crippen molar-refractivity contribution in [2.75, 3.05) is 26.2 Å². The molecule has 162 valence electrons. The molecule has 1 amide bonds. The fourth-order valence-electron chi connectivity index (χ4n) is 3.52. The number of carbonyl (C=O) groups is 1. The Morgan fingerprint density at radius 1 is 1.21 bits per heavy atom. The third-order valence-electron chi connectivity index (χ3n) is 5.16. The van der Waals surface area contributed by atoms with Crippen LogP contribution in [-0.2, 0) is 11.2 Å². The molecule has 0 bridgehead atoms. The topological polar surface area (TPSA) is 50.8 Å². The second-order valence-corrected chi connectivity index (χ2v) is 9.99. The molecule has 1 saturated carbocycles. The van der Waals surface area contributed by atoms with Gasteiger partial charge in [-0.15, -0.1) is 0 Å². The zero-order valence-electron chi connectivity index (χ0n) is 17.6. The van der Waals surface area contributed by atoms with Crippen LogP contribution in [0.1, 0.15) is 52.0 Å². The highest BCUT2D eigenvalue weighted by molar-refractivity contribution is 6.37. The first-order valence-corrected chi connectivity index (χ1v) is 11.3. The molecule has 2 fully saturated rings. The Morgan fingerprint density at radius 2 is 1.90 bits per heavy atom. The number of nitrogens with zero attached hydrogens (tertiary/aromatic N) is 1. The maximum atomic E-state index is 12.0. The van der Waals surface area contributed by atoms with E-state index in [2.05, 4.69) is 10.2 Å². The Balaban J connectivity index is 1.48. The summed E-state index contributed by atoms with van der Waals surface area (Å²) in [5, 5.41) is 4.16. The van der Waals surface area contributed by atoms with E-state index >= 15 is 0 Å². The van der Waals surface area contributed by atoms with Crippen molar-refractivity contribution in [3.8, 4) is 5.75 Å². The van der Waals surface area contributed by atoms with Crippen molar-refractivity contribution in [1.29, 1.82) is 0 Å². The lowest BCUT2D eigenvalue weighted by atomic mass is 10.0. The number of benzene rings is 1. The lowest BCUT2D eigenvalue weighted by molar-refractivity contribution is 0.0472. The average molecular weight is 443 g/mol. The van der Waals surface area contributed by atoms with E-state index in [-0.39, 0.29) is 12.1 Å². The number of carbonyl (C=O) groups excluding carboxylic acids is 1. The first-order valence-electron chi connectivity index (χ1n) is 10.5. The number of ether oxygens (including phenoxy) is 2. The van der Waals surface area contributed by atoms with E-state index in [0.717, 1.165) is 44.5 Å². The SMILES string of the molecule is CC(C)(C)OC(=O)N[C@H]1CCCN(CCc2cc(Cl)c(OCC3CC3)c(Cl)c2)C1. The van der Waals surface area contributed by atoms with Gasteiger partial charge >= 0.3 is 6.09 Å². The van der Waals surface area contributed by atoms with Crippen LogP contribution in [0.25, 0.3) is 0 Å². The molecular weight excluding hydrogens is 411 g/mol. The van der Waals surface area contributed by atoms with E-state index < -0.39 is 5.60 Å². The monoisotopic (exact) mass is 442 g/mol. The van der Waals surface area contributed by atoms with Crippen molar-refractivity contribution < 1.29 is 14.3 Å². The van der Waals surface area contributed by atoms with Gasteiger partial charge in [0.1, 0.15) is 5.60 Å². The van der Waals surface area contributed by atoms with Crippen LogP contribution in [0.3, 0.4) is 0 Å². The quantitative estimate of drug-likeness (QED) is 0.620. The van der Waals surface area contributed by atoms with Crippen LogP contribution in [0, 0.1) is 5.92 Å². The van der Waals surface area contributed by atoms with Crippen molar-refractivity contribution in [3.63, 3.8) is 0 Å². The van der Waals surface area contributed by atoms with Gasteiger partial charge in [0.15, 0.2) is 5.75 Å². The molecule has 7 heteroatoms. The van der Waals surface area contributed by atoms with Gasteiger partial charge in [-0.25, -0.2) is 4.79 Å². The minimum atomic E-state index is -0.481. The summed E-state index contributed by atoms with van der Waals surface area (Å²) in [6.45, 7) is 9.05. The number of alkyl carbamates (subject to hydrolysis) is 1. The molecule has 1 aliphatic carbocycles. The third kappa shape index (κ3) is 7.54. The average Bonchev–Trinajstić information content (AvgIpc) is 3.42. The summed E-state index contributed by atoms with van der Waals surface area (Å²) in [7, 11) is 0. The maximum Gasteiger partial charge on any atom is 0.407 e. The summed E-state index contributed by atoms with van der Waals surface area (Å²) < 4.78 is 11.2. The van der Waals surface area contributed by atoms with E-state index in [1.807, 2.05) is 32.9 Å². The highest BCUT2D eigenvalue weighted by Crippen LogP contribution is 2.37. The summed E-state index contributed by atoms with van der Waals surface area (Å²) in [6, 6.07) is 4.02. The van der Waals surface area contributed by atoms with Crippen LogP contribution in [-0.4, -0.2) is 48.9 Å². The third-order valence-corrected chi connectivity index (χ3v) is 5.72. The van der Waals surface area contributed by atoms with Crippen LogP contribution in [0.15, 0.2) is 12.1 Å². The van der Waals surface area contributed by atoms with E-state index in [4.69, 9.17) is 32.7 Å². The Hall–Kier alpha value is -1.17. The van der Waals surface area contributed by atoms with E-state index in [0.29, 0.717) is 28.3 Å². The molecule has 1 aromatic carbocycles. The molecule has 0 spiro atoms. The first kappa shape index (κ1) is 22.5. The number of rotatable bonds is 7. The number of likely N-dealkylation sites (tertiary alicyclic amines) is 1. The van der Waals surface area contributed by atoms with Gasteiger partial charge in [0.25, 0.3) is 0 Å². The van der Waals surface area contributed by atoms with Gasteiger partial charge in [0, 0.05) is 19.1 Å². The number of amides is 1. The van der Waals surface area contributed by atoms with Crippen LogP contribution in [0.4, 0.5) is 4.79 Å². The van der Waals surface area contributed by atoms with Crippen LogP contribution in [0.2, 0.25) is 10.0 Å². The second-order valence-electron chi connectivity index (χ2n) is 9.18. The van der Waals surface area contributed by atoms with Gasteiger partial charge in [-0.1, -0.05) is 23.2 Å². The molecule has 1 aromatic rings. The van der Waals surface area contributed by atoms with Gasteiger partial charge in [-0.2, -0.15) is 0 Å². The molecule has 2 aliphatic rings. The maximum absolute atomic E-state index is 12.0. The van der Waals surface area contributed by atoms with Crippen molar-refractivity contribution >= 4 is 29.3 Å². The van der Waals surface area contributed by atoms with Crippen LogP contribution in [0.5, 0.6) is 5.75 Å². The summed E-state index contributed by atoms with van der Waals surface area (Å²) in [5.74, 6) is 1.26. The number of piperidine rings is 1. The minimum absolute atomic E-state index is 0.115. The first-order chi connectivity index (χ1) is 13.7. The Labute approximate surface area is 184 Å². The molecule has 1 saturated heterocycles. The Bertz CT molecular complexity index is 693. The van der Waals surface area contributed by atoms with Crippen LogP contribution >= 0.6 is 23.2 Å². The van der Waals surface area contributed by atoms with Crippen LogP contribution < -0.4 is 10.1 Å². The molecule has 0 radical (unpaired) electrons. The van der Waals surface area contributed by atoms with Gasteiger partial charge < -0.3 is 19.7 Å². The summed E-state index contributed by atoms with van der Waals surface area (Å²) in [4.78, 5) is 14.4. The van der Waals surface area contributed by atoms with E-state index in [1.165, 1.54) is 12.8 Å².